The van der Waals surface area contributed by atoms with Crippen LogP contribution in [0.15, 0.2) is 47.4 Å². The second kappa shape index (κ2) is 9.89. The molecule has 2 aromatic rings. The lowest BCUT2D eigenvalue weighted by Crippen LogP contribution is -2.30. The van der Waals surface area contributed by atoms with Crippen LogP contribution in [0.4, 0.5) is 0 Å². The van der Waals surface area contributed by atoms with Crippen LogP contribution in [0.5, 0.6) is 5.75 Å². The maximum absolute atomic E-state index is 12.6. The van der Waals surface area contributed by atoms with E-state index in [2.05, 4.69) is 5.32 Å². The number of sulfonamides is 1. The normalized spacial score (nSPS) is 12.6. The highest BCUT2D eigenvalue weighted by molar-refractivity contribution is 7.89. The molecule has 0 saturated heterocycles. The van der Waals surface area contributed by atoms with E-state index in [1.165, 1.54) is 4.31 Å². The lowest BCUT2D eigenvalue weighted by Gasteiger charge is -2.19. The Kier molecular flexibility index (Phi) is 7.81. The molecule has 29 heavy (non-hydrogen) atoms. The van der Waals surface area contributed by atoms with Gasteiger partial charge in [0.2, 0.25) is 15.9 Å². The summed E-state index contributed by atoms with van der Waals surface area (Å²) in [6.45, 7) is 8.32. The standard InChI is InChI=1S/C22H30N2O4S/c1-6-24(7-2)29(26,27)20-12-10-19(11-13-20)17(4)23-22(25)15-18-9-8-16(3)21(14-18)28-5/h8-14,17H,6-7,15H2,1-5H3,(H,23,25). The average molecular weight is 419 g/mol. The molecule has 0 radical (unpaired) electrons. The van der Waals surface area contributed by atoms with Crippen LogP contribution >= 0.6 is 0 Å². The number of nitrogens with one attached hydrogen (secondary N) is 1. The van der Waals surface area contributed by atoms with E-state index < -0.39 is 10.0 Å². The molecular formula is C22H30N2O4S. The maximum Gasteiger partial charge on any atom is 0.243 e. The Labute approximate surface area is 173 Å². The zero-order chi connectivity index (χ0) is 21.6. The van der Waals surface area contributed by atoms with Crippen molar-refractivity contribution in [2.24, 2.45) is 0 Å². The lowest BCUT2D eigenvalue weighted by atomic mass is 10.1. The molecule has 6 nitrogen and oxygen atoms in total. The van der Waals surface area contributed by atoms with Crippen molar-refractivity contribution in [1.29, 1.82) is 0 Å². The van der Waals surface area contributed by atoms with E-state index in [0.29, 0.717) is 13.1 Å². The largest absolute Gasteiger partial charge is 0.496 e. The molecule has 0 aliphatic rings. The predicted molar refractivity (Wildman–Crippen MR) is 115 cm³/mol. The van der Waals surface area contributed by atoms with Crippen molar-refractivity contribution in [3.8, 4) is 5.75 Å². The Morgan fingerprint density at radius 2 is 1.72 bits per heavy atom. The number of ether oxygens (including phenoxy) is 1. The Balaban J connectivity index is 2.05. The summed E-state index contributed by atoms with van der Waals surface area (Å²) in [7, 11) is -1.87. The highest BCUT2D eigenvalue weighted by atomic mass is 32.2. The van der Waals surface area contributed by atoms with Gasteiger partial charge in [0.05, 0.1) is 24.5 Å². The molecule has 0 bridgehead atoms. The van der Waals surface area contributed by atoms with Gasteiger partial charge in [0.15, 0.2) is 0 Å². The molecule has 0 fully saturated rings. The minimum absolute atomic E-state index is 0.108. The summed E-state index contributed by atoms with van der Waals surface area (Å²) in [5.41, 5.74) is 2.74. The summed E-state index contributed by atoms with van der Waals surface area (Å²) in [6.07, 6.45) is 0.245. The Bertz CT molecular complexity index is 936. The smallest absolute Gasteiger partial charge is 0.243 e. The van der Waals surface area contributed by atoms with Crippen LogP contribution in [0.2, 0.25) is 0 Å². The number of benzene rings is 2. The molecular weight excluding hydrogens is 388 g/mol. The fourth-order valence-corrected chi connectivity index (χ4v) is 4.63. The zero-order valence-electron chi connectivity index (χ0n) is 17.7. The molecule has 1 N–H and O–H groups in total. The van der Waals surface area contributed by atoms with E-state index in [0.717, 1.165) is 22.4 Å². The number of nitrogens with zero attached hydrogens (tertiary/aromatic N) is 1. The van der Waals surface area contributed by atoms with Crippen molar-refractivity contribution in [3.63, 3.8) is 0 Å². The minimum Gasteiger partial charge on any atom is -0.496 e. The van der Waals surface area contributed by atoms with Gasteiger partial charge in [-0.15, -0.1) is 0 Å². The van der Waals surface area contributed by atoms with Gasteiger partial charge in [0, 0.05) is 13.1 Å². The number of rotatable bonds is 9. The summed E-state index contributed by atoms with van der Waals surface area (Å²) in [5.74, 6) is 0.650. The van der Waals surface area contributed by atoms with Crippen molar-refractivity contribution < 1.29 is 17.9 Å². The molecule has 0 saturated carbocycles. The molecule has 1 amide bonds. The van der Waals surface area contributed by atoms with Gasteiger partial charge < -0.3 is 10.1 Å². The first-order valence-electron chi connectivity index (χ1n) is 9.75. The zero-order valence-corrected chi connectivity index (χ0v) is 18.5. The molecule has 0 aromatic heterocycles. The summed E-state index contributed by atoms with van der Waals surface area (Å²) in [6, 6.07) is 12.2. The molecule has 1 atom stereocenters. The third-order valence-electron chi connectivity index (χ3n) is 4.94. The van der Waals surface area contributed by atoms with Crippen LogP contribution in [0.25, 0.3) is 0 Å². The van der Waals surface area contributed by atoms with Gasteiger partial charge in [-0.25, -0.2) is 8.42 Å². The fourth-order valence-electron chi connectivity index (χ4n) is 3.18. The van der Waals surface area contributed by atoms with Crippen LogP contribution in [0.1, 0.15) is 43.5 Å². The minimum atomic E-state index is -3.48. The topological polar surface area (TPSA) is 75.7 Å². The van der Waals surface area contributed by atoms with Crippen molar-refractivity contribution in [1.82, 2.24) is 9.62 Å². The first-order chi connectivity index (χ1) is 13.7. The molecule has 1 unspecified atom stereocenters. The third-order valence-corrected chi connectivity index (χ3v) is 7.00. The van der Waals surface area contributed by atoms with E-state index in [4.69, 9.17) is 4.74 Å². The quantitative estimate of drug-likeness (QED) is 0.677. The molecule has 2 rings (SSSR count). The average Bonchev–Trinajstić information content (AvgIpc) is 2.70. The Morgan fingerprint density at radius 3 is 2.28 bits per heavy atom. The van der Waals surface area contributed by atoms with Gasteiger partial charge in [0.25, 0.3) is 0 Å². The number of carbonyl (C=O) groups excluding carboxylic acids is 1. The highest BCUT2D eigenvalue weighted by Gasteiger charge is 2.21. The predicted octanol–water partition coefficient (Wildman–Crippen LogP) is 3.45. The first kappa shape index (κ1) is 22.9. The van der Waals surface area contributed by atoms with Crippen LogP contribution in [-0.4, -0.2) is 38.8 Å². The van der Waals surface area contributed by atoms with Gasteiger partial charge >= 0.3 is 0 Å². The van der Waals surface area contributed by atoms with Crippen LogP contribution in [0.3, 0.4) is 0 Å². The van der Waals surface area contributed by atoms with Crippen molar-refractivity contribution in [2.45, 2.75) is 45.1 Å². The number of carbonyl (C=O) groups is 1. The van der Waals surface area contributed by atoms with Crippen molar-refractivity contribution in [2.75, 3.05) is 20.2 Å². The lowest BCUT2D eigenvalue weighted by molar-refractivity contribution is -0.121. The molecule has 7 heteroatoms. The third kappa shape index (κ3) is 5.58. The van der Waals surface area contributed by atoms with E-state index in [-0.39, 0.29) is 23.3 Å². The van der Waals surface area contributed by atoms with Gasteiger partial charge in [-0.05, 0) is 48.7 Å². The van der Waals surface area contributed by atoms with E-state index in [1.807, 2.05) is 45.9 Å². The van der Waals surface area contributed by atoms with E-state index in [9.17, 15) is 13.2 Å². The van der Waals surface area contributed by atoms with Gasteiger partial charge in [-0.1, -0.05) is 38.1 Å². The molecule has 0 aliphatic carbocycles. The van der Waals surface area contributed by atoms with Crippen LogP contribution < -0.4 is 10.1 Å². The van der Waals surface area contributed by atoms with Crippen molar-refractivity contribution >= 4 is 15.9 Å². The summed E-state index contributed by atoms with van der Waals surface area (Å²) in [5, 5.41) is 2.96. The highest BCUT2D eigenvalue weighted by Crippen LogP contribution is 2.21. The number of methoxy groups -OCH3 is 1. The number of amides is 1. The second-order valence-corrected chi connectivity index (χ2v) is 8.87. The summed E-state index contributed by atoms with van der Waals surface area (Å²) in [4.78, 5) is 12.7. The summed E-state index contributed by atoms with van der Waals surface area (Å²) < 4.78 is 31.9. The van der Waals surface area contributed by atoms with E-state index in [1.54, 1.807) is 31.4 Å². The molecule has 158 valence electrons. The summed E-state index contributed by atoms with van der Waals surface area (Å²) >= 11 is 0. The molecule has 2 aromatic carbocycles. The van der Waals surface area contributed by atoms with Crippen molar-refractivity contribution in [3.05, 3.63) is 59.2 Å². The first-order valence-corrected chi connectivity index (χ1v) is 11.2. The fraction of sp³-hybridized carbons (Fsp3) is 0.409. The van der Waals surface area contributed by atoms with Gasteiger partial charge in [-0.2, -0.15) is 4.31 Å². The number of hydrogen-bond acceptors (Lipinski definition) is 4. The van der Waals surface area contributed by atoms with E-state index >= 15 is 0 Å². The second-order valence-electron chi connectivity index (χ2n) is 6.93. The van der Waals surface area contributed by atoms with Crippen LogP contribution in [0, 0.1) is 6.92 Å². The molecule has 0 spiro atoms. The Morgan fingerprint density at radius 1 is 1.10 bits per heavy atom. The van der Waals surface area contributed by atoms with Gasteiger partial charge in [-0.3, -0.25) is 4.79 Å². The number of hydrogen-bond donors (Lipinski definition) is 1. The molecule has 0 aliphatic heterocycles. The number of aryl methyl sites for hydroxylation is 1. The molecule has 0 heterocycles. The Hall–Kier alpha value is -2.38. The monoisotopic (exact) mass is 418 g/mol. The SMILES string of the molecule is CCN(CC)S(=O)(=O)c1ccc(C(C)NC(=O)Cc2ccc(C)c(OC)c2)cc1. The van der Waals surface area contributed by atoms with Crippen LogP contribution in [-0.2, 0) is 21.2 Å². The van der Waals surface area contributed by atoms with Gasteiger partial charge in [0.1, 0.15) is 5.75 Å². The maximum atomic E-state index is 12.6.